The van der Waals surface area contributed by atoms with Crippen molar-refractivity contribution in [3.05, 3.63) is 34.0 Å². The molecular weight excluding hydrogens is 264 g/mol. The molecular formula is C12H14N4S2. The molecule has 2 rings (SSSR count). The van der Waals surface area contributed by atoms with Crippen molar-refractivity contribution < 1.29 is 0 Å². The van der Waals surface area contributed by atoms with E-state index in [1.54, 1.807) is 11.3 Å². The lowest BCUT2D eigenvalue weighted by Crippen LogP contribution is -2.10. The van der Waals surface area contributed by atoms with Crippen molar-refractivity contribution >= 4 is 39.5 Å². The molecule has 0 aliphatic rings. The van der Waals surface area contributed by atoms with Crippen LogP contribution in [-0.4, -0.2) is 15.0 Å². The van der Waals surface area contributed by atoms with Crippen LogP contribution >= 0.6 is 23.6 Å². The summed E-state index contributed by atoms with van der Waals surface area (Å²) in [7, 11) is 0. The van der Waals surface area contributed by atoms with Gasteiger partial charge in [0.15, 0.2) is 5.13 Å². The molecule has 0 aromatic carbocycles. The van der Waals surface area contributed by atoms with Gasteiger partial charge in [-0.25, -0.2) is 9.97 Å². The van der Waals surface area contributed by atoms with Gasteiger partial charge in [-0.3, -0.25) is 0 Å². The van der Waals surface area contributed by atoms with Crippen LogP contribution in [0.25, 0.3) is 0 Å². The second kappa shape index (κ2) is 4.99. The molecule has 0 atom stereocenters. The Morgan fingerprint density at radius 2 is 2.00 bits per heavy atom. The minimum atomic E-state index is 0.370. The zero-order chi connectivity index (χ0) is 13.3. The van der Waals surface area contributed by atoms with Crippen molar-refractivity contribution in [3.8, 4) is 0 Å². The van der Waals surface area contributed by atoms with Crippen LogP contribution in [0.2, 0.25) is 0 Å². The number of hydrogen-bond acceptors (Lipinski definition) is 5. The number of anilines is 2. The van der Waals surface area contributed by atoms with E-state index in [1.807, 2.05) is 32.9 Å². The molecule has 0 unspecified atom stereocenters. The molecule has 3 N–H and O–H groups in total. The van der Waals surface area contributed by atoms with Crippen LogP contribution in [0, 0.1) is 20.8 Å². The first-order valence-corrected chi connectivity index (χ1v) is 6.67. The highest BCUT2D eigenvalue weighted by Crippen LogP contribution is 2.24. The Kier molecular flexibility index (Phi) is 3.58. The second-order valence-corrected chi connectivity index (χ2v) is 5.68. The lowest BCUT2D eigenvalue weighted by molar-refractivity contribution is 1.18. The van der Waals surface area contributed by atoms with Crippen molar-refractivity contribution in [2.24, 2.45) is 5.73 Å². The third-order valence-electron chi connectivity index (χ3n) is 2.50. The van der Waals surface area contributed by atoms with Crippen LogP contribution in [0.1, 0.15) is 21.8 Å². The summed E-state index contributed by atoms with van der Waals surface area (Å²) in [6, 6.07) is 3.70. The normalized spacial score (nSPS) is 10.4. The summed E-state index contributed by atoms with van der Waals surface area (Å²) in [5.41, 5.74) is 8.35. The number of rotatable bonds is 3. The quantitative estimate of drug-likeness (QED) is 0.845. The minimum absolute atomic E-state index is 0.370. The number of hydrogen-bond donors (Lipinski definition) is 2. The third-order valence-corrected chi connectivity index (χ3v) is 3.73. The highest BCUT2D eigenvalue weighted by atomic mass is 32.1. The Bertz CT molecular complexity index is 585. The molecule has 0 aliphatic carbocycles. The lowest BCUT2D eigenvalue weighted by Gasteiger charge is -2.06. The van der Waals surface area contributed by atoms with Crippen LogP contribution in [0.3, 0.4) is 0 Å². The molecule has 6 heteroatoms. The zero-order valence-corrected chi connectivity index (χ0v) is 12.1. The molecule has 18 heavy (non-hydrogen) atoms. The summed E-state index contributed by atoms with van der Waals surface area (Å²) in [6.45, 7) is 5.94. The lowest BCUT2D eigenvalue weighted by atomic mass is 10.2. The van der Waals surface area contributed by atoms with E-state index in [1.165, 1.54) is 4.88 Å². The number of aryl methyl sites for hydroxylation is 3. The summed E-state index contributed by atoms with van der Waals surface area (Å²) in [5.74, 6) is 0.714. The molecule has 0 spiro atoms. The second-order valence-electron chi connectivity index (χ2n) is 4.03. The molecule has 0 aliphatic heterocycles. The number of aromatic nitrogens is 2. The summed E-state index contributed by atoms with van der Waals surface area (Å²) in [6.07, 6.45) is 0. The van der Waals surface area contributed by atoms with E-state index in [9.17, 15) is 0 Å². The van der Waals surface area contributed by atoms with Gasteiger partial charge in [0, 0.05) is 16.1 Å². The van der Waals surface area contributed by atoms with Crippen molar-refractivity contribution in [1.82, 2.24) is 9.97 Å². The van der Waals surface area contributed by atoms with E-state index >= 15 is 0 Å². The molecule has 0 radical (unpaired) electrons. The maximum absolute atomic E-state index is 5.64. The number of nitrogens with zero attached hydrogens (tertiary/aromatic N) is 2. The summed E-state index contributed by atoms with van der Waals surface area (Å²) >= 11 is 6.58. The SMILES string of the molecule is Cc1cc(C(N)=S)cc(Nc2nc(C)c(C)s2)n1. The van der Waals surface area contributed by atoms with Gasteiger partial charge in [0.2, 0.25) is 0 Å². The molecule has 4 nitrogen and oxygen atoms in total. The summed E-state index contributed by atoms with van der Waals surface area (Å²) < 4.78 is 0. The number of nitrogens with one attached hydrogen (secondary N) is 1. The van der Waals surface area contributed by atoms with Gasteiger partial charge in [0.25, 0.3) is 0 Å². The van der Waals surface area contributed by atoms with Crippen LogP contribution < -0.4 is 11.1 Å². The maximum atomic E-state index is 5.64. The van der Waals surface area contributed by atoms with Crippen LogP contribution in [0.4, 0.5) is 10.9 Å². The fourth-order valence-corrected chi connectivity index (χ4v) is 2.45. The standard InChI is InChI=1S/C12H14N4S2/c1-6-4-9(11(13)17)5-10(14-6)16-12-15-7(2)8(3)18-12/h4-5H,1-3H3,(H2,13,17)(H,14,15,16). The Morgan fingerprint density at radius 1 is 1.28 bits per heavy atom. The predicted molar refractivity (Wildman–Crippen MR) is 79.7 cm³/mol. The van der Waals surface area contributed by atoms with E-state index in [-0.39, 0.29) is 0 Å². The molecule has 2 aromatic heterocycles. The minimum Gasteiger partial charge on any atom is -0.389 e. The average molecular weight is 278 g/mol. The van der Waals surface area contributed by atoms with Crippen molar-refractivity contribution in [3.63, 3.8) is 0 Å². The largest absolute Gasteiger partial charge is 0.389 e. The van der Waals surface area contributed by atoms with Crippen molar-refractivity contribution in [2.75, 3.05) is 5.32 Å². The highest BCUT2D eigenvalue weighted by Gasteiger charge is 2.07. The maximum Gasteiger partial charge on any atom is 0.188 e. The van der Waals surface area contributed by atoms with Gasteiger partial charge in [-0.1, -0.05) is 12.2 Å². The first-order valence-electron chi connectivity index (χ1n) is 5.45. The van der Waals surface area contributed by atoms with Crippen LogP contribution in [-0.2, 0) is 0 Å². The Morgan fingerprint density at radius 3 is 2.56 bits per heavy atom. The number of thiocarbonyl (C=S) groups is 1. The third kappa shape index (κ3) is 2.83. The van der Waals surface area contributed by atoms with E-state index < -0.39 is 0 Å². The van der Waals surface area contributed by atoms with E-state index in [0.717, 1.165) is 22.1 Å². The molecule has 0 bridgehead atoms. The topological polar surface area (TPSA) is 63.8 Å². The van der Waals surface area contributed by atoms with Gasteiger partial charge < -0.3 is 11.1 Å². The highest BCUT2D eigenvalue weighted by molar-refractivity contribution is 7.80. The summed E-state index contributed by atoms with van der Waals surface area (Å²) in [4.78, 5) is 10.4. The molecule has 0 saturated carbocycles. The Balaban J connectivity index is 2.31. The zero-order valence-electron chi connectivity index (χ0n) is 10.4. The Hall–Kier alpha value is -1.53. The van der Waals surface area contributed by atoms with Gasteiger partial charge in [-0.05, 0) is 32.9 Å². The van der Waals surface area contributed by atoms with Crippen LogP contribution in [0.15, 0.2) is 12.1 Å². The van der Waals surface area contributed by atoms with Crippen LogP contribution in [0.5, 0.6) is 0 Å². The van der Waals surface area contributed by atoms with Gasteiger partial charge in [0.1, 0.15) is 10.8 Å². The fraction of sp³-hybridized carbons (Fsp3) is 0.250. The molecule has 0 fully saturated rings. The smallest absolute Gasteiger partial charge is 0.188 e. The Labute approximate surface area is 115 Å². The molecule has 94 valence electrons. The van der Waals surface area contributed by atoms with E-state index in [0.29, 0.717) is 10.8 Å². The molecule has 2 aromatic rings. The number of nitrogens with two attached hydrogens (primary N) is 1. The number of pyridine rings is 1. The predicted octanol–water partition coefficient (Wildman–Crippen LogP) is 2.84. The molecule has 0 amide bonds. The van der Waals surface area contributed by atoms with Crippen molar-refractivity contribution in [2.45, 2.75) is 20.8 Å². The van der Waals surface area contributed by atoms with Crippen molar-refractivity contribution in [1.29, 1.82) is 0 Å². The summed E-state index contributed by atoms with van der Waals surface area (Å²) in [5, 5.41) is 4.01. The van der Waals surface area contributed by atoms with Gasteiger partial charge in [0.05, 0.1) is 5.69 Å². The van der Waals surface area contributed by atoms with Gasteiger partial charge in [-0.15, -0.1) is 11.3 Å². The average Bonchev–Trinajstić information content (AvgIpc) is 2.56. The van der Waals surface area contributed by atoms with Gasteiger partial charge in [-0.2, -0.15) is 0 Å². The van der Waals surface area contributed by atoms with E-state index in [2.05, 4.69) is 15.3 Å². The number of thiazole rings is 1. The fourth-order valence-electron chi connectivity index (χ4n) is 1.51. The monoisotopic (exact) mass is 278 g/mol. The first kappa shape index (κ1) is 12.9. The van der Waals surface area contributed by atoms with E-state index in [4.69, 9.17) is 18.0 Å². The molecule has 0 saturated heterocycles. The first-order chi connectivity index (χ1) is 8.45. The molecule has 2 heterocycles. The van der Waals surface area contributed by atoms with Gasteiger partial charge >= 0.3 is 0 Å².